The van der Waals surface area contributed by atoms with Crippen molar-refractivity contribution in [2.45, 2.75) is 25.7 Å². The molecule has 0 aromatic heterocycles. The van der Waals surface area contributed by atoms with Gasteiger partial charge in [0.1, 0.15) is 0 Å². The van der Waals surface area contributed by atoms with Crippen molar-refractivity contribution in [3.8, 4) is 0 Å². The van der Waals surface area contributed by atoms with Gasteiger partial charge in [0.2, 0.25) is 0 Å². The van der Waals surface area contributed by atoms with E-state index in [2.05, 4.69) is 11.5 Å². The van der Waals surface area contributed by atoms with E-state index in [1.54, 1.807) is 0 Å². The second-order valence-electron chi connectivity index (χ2n) is 3.64. The average Bonchev–Trinajstić information content (AvgIpc) is 2.33. The van der Waals surface area contributed by atoms with E-state index in [-0.39, 0.29) is 0 Å². The van der Waals surface area contributed by atoms with Crippen molar-refractivity contribution < 1.29 is 0 Å². The van der Waals surface area contributed by atoms with Crippen molar-refractivity contribution in [3.05, 3.63) is 12.2 Å². The van der Waals surface area contributed by atoms with Gasteiger partial charge in [-0.25, -0.2) is 0 Å². The Morgan fingerprint density at radius 1 is 1.17 bits per heavy atom. The Morgan fingerprint density at radius 3 is 2.25 bits per heavy atom. The van der Waals surface area contributed by atoms with Crippen LogP contribution in [0, 0.1) is 0 Å². The van der Waals surface area contributed by atoms with Crippen LogP contribution in [0.1, 0.15) is 25.7 Å². The van der Waals surface area contributed by atoms with E-state index >= 15 is 0 Å². The van der Waals surface area contributed by atoms with E-state index < -0.39 is 0 Å². The molecule has 2 heteroatoms. The molecular formula is C10H20N2. The standard InChI is InChI=1S/C10H20N2/c1-10(8-11)9-12-6-4-2-3-5-7-12/h1-9,11H2. The van der Waals surface area contributed by atoms with Crippen LogP contribution >= 0.6 is 0 Å². The third-order valence-corrected chi connectivity index (χ3v) is 2.43. The van der Waals surface area contributed by atoms with Gasteiger partial charge < -0.3 is 5.73 Å². The maximum atomic E-state index is 5.50. The van der Waals surface area contributed by atoms with Crippen molar-refractivity contribution in [2.75, 3.05) is 26.2 Å². The van der Waals surface area contributed by atoms with E-state index in [4.69, 9.17) is 5.73 Å². The Hall–Kier alpha value is -0.340. The maximum Gasteiger partial charge on any atom is 0.0202 e. The van der Waals surface area contributed by atoms with Crippen LogP contribution in [0.5, 0.6) is 0 Å². The number of hydrogen-bond donors (Lipinski definition) is 1. The monoisotopic (exact) mass is 168 g/mol. The third-order valence-electron chi connectivity index (χ3n) is 2.43. The summed E-state index contributed by atoms with van der Waals surface area (Å²) in [6.07, 6.45) is 5.48. The molecule has 0 amide bonds. The minimum absolute atomic E-state index is 0.635. The number of hydrogen-bond acceptors (Lipinski definition) is 2. The van der Waals surface area contributed by atoms with Crippen LogP contribution in [0.4, 0.5) is 0 Å². The quantitative estimate of drug-likeness (QED) is 0.645. The molecule has 0 bridgehead atoms. The highest BCUT2D eigenvalue weighted by Gasteiger charge is 2.08. The smallest absolute Gasteiger partial charge is 0.0202 e. The van der Waals surface area contributed by atoms with Gasteiger partial charge in [-0.3, -0.25) is 4.90 Å². The minimum Gasteiger partial charge on any atom is -0.327 e. The molecule has 0 spiro atoms. The number of likely N-dealkylation sites (tertiary alicyclic amines) is 1. The summed E-state index contributed by atoms with van der Waals surface area (Å²) >= 11 is 0. The lowest BCUT2D eigenvalue weighted by molar-refractivity contribution is 0.308. The van der Waals surface area contributed by atoms with Gasteiger partial charge in [0, 0.05) is 13.1 Å². The van der Waals surface area contributed by atoms with Gasteiger partial charge in [-0.05, 0) is 31.5 Å². The van der Waals surface area contributed by atoms with Crippen molar-refractivity contribution in [2.24, 2.45) is 5.73 Å². The predicted molar refractivity (Wildman–Crippen MR) is 53.1 cm³/mol. The molecule has 70 valence electrons. The van der Waals surface area contributed by atoms with Crippen LogP contribution in [-0.2, 0) is 0 Å². The van der Waals surface area contributed by atoms with Crippen LogP contribution in [0.3, 0.4) is 0 Å². The summed E-state index contributed by atoms with van der Waals surface area (Å²) in [6, 6.07) is 0. The Morgan fingerprint density at radius 2 is 1.75 bits per heavy atom. The van der Waals surface area contributed by atoms with Crippen molar-refractivity contribution in [1.29, 1.82) is 0 Å². The SMILES string of the molecule is C=C(CN)CN1CCCCCC1. The van der Waals surface area contributed by atoms with Gasteiger partial charge in [-0.2, -0.15) is 0 Å². The second kappa shape index (κ2) is 5.33. The van der Waals surface area contributed by atoms with Crippen LogP contribution < -0.4 is 5.73 Å². The summed E-state index contributed by atoms with van der Waals surface area (Å²) in [4.78, 5) is 2.47. The zero-order chi connectivity index (χ0) is 8.81. The first-order chi connectivity index (χ1) is 5.83. The van der Waals surface area contributed by atoms with Crippen molar-refractivity contribution in [1.82, 2.24) is 4.90 Å². The first-order valence-corrected chi connectivity index (χ1v) is 4.92. The predicted octanol–water partition coefficient (Wildman–Crippen LogP) is 1.38. The Labute approximate surface area is 75.4 Å². The number of nitrogens with two attached hydrogens (primary N) is 1. The van der Waals surface area contributed by atoms with E-state index in [1.807, 2.05) is 0 Å². The molecule has 1 aliphatic rings. The van der Waals surface area contributed by atoms with Crippen molar-refractivity contribution in [3.63, 3.8) is 0 Å². The van der Waals surface area contributed by atoms with Gasteiger partial charge in [0.25, 0.3) is 0 Å². The molecule has 1 heterocycles. The van der Waals surface area contributed by atoms with Crippen LogP contribution in [-0.4, -0.2) is 31.1 Å². The topological polar surface area (TPSA) is 29.3 Å². The molecular weight excluding hydrogens is 148 g/mol. The summed E-state index contributed by atoms with van der Waals surface area (Å²) in [5.74, 6) is 0. The zero-order valence-electron chi connectivity index (χ0n) is 7.89. The molecule has 0 unspecified atom stereocenters. The Balaban J connectivity index is 2.24. The summed E-state index contributed by atoms with van der Waals surface area (Å²) in [5.41, 5.74) is 6.67. The normalized spacial score (nSPS) is 20.4. The van der Waals surface area contributed by atoms with Crippen LogP contribution in [0.2, 0.25) is 0 Å². The molecule has 2 N–H and O–H groups in total. The highest BCUT2D eigenvalue weighted by atomic mass is 15.1. The fourth-order valence-electron chi connectivity index (χ4n) is 1.68. The van der Waals surface area contributed by atoms with Gasteiger partial charge >= 0.3 is 0 Å². The summed E-state index contributed by atoms with van der Waals surface area (Å²) in [6.45, 7) is 8.05. The second-order valence-corrected chi connectivity index (χ2v) is 3.64. The van der Waals surface area contributed by atoms with E-state index in [0.29, 0.717) is 6.54 Å². The molecule has 0 radical (unpaired) electrons. The van der Waals surface area contributed by atoms with Crippen LogP contribution in [0.25, 0.3) is 0 Å². The third kappa shape index (κ3) is 3.37. The van der Waals surface area contributed by atoms with E-state index in [1.165, 1.54) is 38.8 Å². The summed E-state index contributed by atoms with van der Waals surface area (Å²) in [7, 11) is 0. The number of nitrogens with zero attached hydrogens (tertiary/aromatic N) is 1. The maximum absolute atomic E-state index is 5.50. The molecule has 1 saturated heterocycles. The molecule has 1 aliphatic heterocycles. The van der Waals surface area contributed by atoms with Gasteiger partial charge in [0.15, 0.2) is 0 Å². The van der Waals surface area contributed by atoms with Gasteiger partial charge in [0.05, 0.1) is 0 Å². The molecule has 2 nitrogen and oxygen atoms in total. The molecule has 1 rings (SSSR count). The number of rotatable bonds is 3. The molecule has 12 heavy (non-hydrogen) atoms. The highest BCUT2D eigenvalue weighted by Crippen LogP contribution is 2.10. The lowest BCUT2D eigenvalue weighted by atomic mass is 10.2. The summed E-state index contributed by atoms with van der Waals surface area (Å²) in [5, 5.41) is 0. The molecule has 0 saturated carbocycles. The molecule has 0 aromatic rings. The minimum atomic E-state index is 0.635. The van der Waals surface area contributed by atoms with Crippen LogP contribution in [0.15, 0.2) is 12.2 Å². The highest BCUT2D eigenvalue weighted by molar-refractivity contribution is 4.98. The van der Waals surface area contributed by atoms with Gasteiger partial charge in [-0.1, -0.05) is 19.4 Å². The average molecular weight is 168 g/mol. The van der Waals surface area contributed by atoms with Crippen molar-refractivity contribution >= 4 is 0 Å². The fourth-order valence-corrected chi connectivity index (χ4v) is 1.68. The Bertz CT molecular complexity index is 135. The van der Waals surface area contributed by atoms with E-state index in [9.17, 15) is 0 Å². The fraction of sp³-hybridized carbons (Fsp3) is 0.800. The molecule has 0 aromatic carbocycles. The largest absolute Gasteiger partial charge is 0.327 e. The van der Waals surface area contributed by atoms with E-state index in [0.717, 1.165) is 12.1 Å². The lowest BCUT2D eigenvalue weighted by Gasteiger charge is -2.20. The van der Waals surface area contributed by atoms with Gasteiger partial charge in [-0.15, -0.1) is 0 Å². The Kier molecular flexibility index (Phi) is 4.33. The first-order valence-electron chi connectivity index (χ1n) is 4.92. The zero-order valence-corrected chi connectivity index (χ0v) is 7.89. The molecule has 0 aliphatic carbocycles. The molecule has 0 atom stereocenters. The summed E-state index contributed by atoms with van der Waals surface area (Å²) < 4.78 is 0. The lowest BCUT2D eigenvalue weighted by Crippen LogP contribution is -2.28. The molecule has 1 fully saturated rings. The first kappa shape index (κ1) is 9.75.